The van der Waals surface area contributed by atoms with Crippen molar-refractivity contribution in [2.24, 2.45) is 0 Å². The number of hydrogen-bond acceptors (Lipinski definition) is 5. The van der Waals surface area contributed by atoms with Crippen LogP contribution in [0.1, 0.15) is 0 Å². The number of aromatic amines is 1. The van der Waals surface area contributed by atoms with Crippen LogP contribution in [0.4, 0.5) is 0 Å². The summed E-state index contributed by atoms with van der Waals surface area (Å²) in [6, 6.07) is 54.0. The third-order valence-corrected chi connectivity index (χ3v) is 9.99. The van der Waals surface area contributed by atoms with Crippen LogP contribution in [-0.2, 0) is 0 Å². The van der Waals surface area contributed by atoms with Crippen molar-refractivity contribution in [3.05, 3.63) is 164 Å². The molecule has 0 aliphatic carbocycles. The van der Waals surface area contributed by atoms with E-state index in [0.717, 1.165) is 83.0 Å². The number of nitrogens with zero attached hydrogens (tertiary/aromatic N) is 7. The van der Waals surface area contributed by atoms with Crippen LogP contribution in [0.25, 0.3) is 101 Å². The van der Waals surface area contributed by atoms with E-state index in [9.17, 15) is 0 Å². The van der Waals surface area contributed by atoms with Crippen LogP contribution in [0.2, 0.25) is 0 Å². The molecule has 248 valence electrons. The highest BCUT2D eigenvalue weighted by atomic mass is 15.2. The molecule has 0 aliphatic heterocycles. The molecule has 8 nitrogen and oxygen atoms in total. The average Bonchev–Trinajstić information content (AvgIpc) is 3.91. The first-order valence-corrected chi connectivity index (χ1v) is 17.5. The van der Waals surface area contributed by atoms with E-state index in [-0.39, 0.29) is 0 Å². The summed E-state index contributed by atoms with van der Waals surface area (Å²) in [4.78, 5) is 28.3. The number of fused-ring (bicyclic) bond motifs is 7. The van der Waals surface area contributed by atoms with Gasteiger partial charge in [-0.15, -0.1) is 0 Å². The average molecular weight is 681 g/mol. The fraction of sp³-hybridized carbons (Fsp3) is 0. The van der Waals surface area contributed by atoms with E-state index in [1.54, 1.807) is 0 Å². The molecular weight excluding hydrogens is 653 g/mol. The summed E-state index contributed by atoms with van der Waals surface area (Å²) in [5.41, 5.74) is 9.75. The number of H-pyrrole nitrogens is 1. The van der Waals surface area contributed by atoms with Crippen LogP contribution in [0.15, 0.2) is 164 Å². The number of imidazole rings is 1. The first kappa shape index (κ1) is 29.3. The van der Waals surface area contributed by atoms with Crippen molar-refractivity contribution in [3.8, 4) is 45.9 Å². The summed E-state index contributed by atoms with van der Waals surface area (Å²) >= 11 is 0. The Morgan fingerprint density at radius 2 is 1.00 bits per heavy atom. The van der Waals surface area contributed by atoms with E-state index < -0.39 is 0 Å². The molecule has 6 aromatic carbocycles. The van der Waals surface area contributed by atoms with E-state index in [0.29, 0.717) is 17.6 Å². The van der Waals surface area contributed by atoms with Gasteiger partial charge in [0.2, 0.25) is 5.95 Å². The lowest BCUT2D eigenvalue weighted by Gasteiger charge is -2.11. The van der Waals surface area contributed by atoms with Gasteiger partial charge in [0.25, 0.3) is 0 Å². The second-order valence-corrected chi connectivity index (χ2v) is 13.1. The van der Waals surface area contributed by atoms with Crippen molar-refractivity contribution >= 4 is 54.6 Å². The van der Waals surface area contributed by atoms with Gasteiger partial charge in [-0.05, 0) is 48.5 Å². The van der Waals surface area contributed by atoms with E-state index in [4.69, 9.17) is 24.9 Å². The Morgan fingerprint density at radius 1 is 0.434 bits per heavy atom. The fourth-order valence-corrected chi connectivity index (χ4v) is 7.55. The lowest BCUT2D eigenvalue weighted by molar-refractivity contribution is 0.954. The van der Waals surface area contributed by atoms with Crippen LogP contribution in [-0.4, -0.2) is 39.0 Å². The van der Waals surface area contributed by atoms with Crippen LogP contribution in [0, 0.1) is 0 Å². The summed E-state index contributed by atoms with van der Waals surface area (Å²) in [7, 11) is 0. The van der Waals surface area contributed by atoms with Crippen molar-refractivity contribution in [1.82, 2.24) is 39.0 Å². The van der Waals surface area contributed by atoms with Crippen LogP contribution in [0.5, 0.6) is 0 Å². The molecule has 53 heavy (non-hydrogen) atoms. The molecule has 0 fully saturated rings. The molecule has 1 N–H and O–H groups in total. The molecule has 0 aliphatic rings. The molecule has 0 unspecified atom stereocenters. The maximum absolute atomic E-state index is 5.13. The Kier molecular flexibility index (Phi) is 6.38. The zero-order valence-electron chi connectivity index (χ0n) is 28.2. The molecule has 0 spiro atoms. The molecule has 0 saturated heterocycles. The molecular formula is C45H28N8. The SMILES string of the molecule is c1ccc(-c2nc(-c3ccccc3)nc(-n3c4ccccc4c4cc5c(cc43)c3ccccc3n5-c3ccc(-c4nc5ccccc5[nH]4)nc3)n2)cc1. The number of pyridine rings is 1. The topological polar surface area (TPSA) is 90.1 Å². The summed E-state index contributed by atoms with van der Waals surface area (Å²) in [5.74, 6) is 2.56. The van der Waals surface area contributed by atoms with Crippen molar-refractivity contribution in [3.63, 3.8) is 0 Å². The Labute approximate surface area is 302 Å². The second kappa shape index (κ2) is 11.5. The smallest absolute Gasteiger partial charge is 0.238 e. The summed E-state index contributed by atoms with van der Waals surface area (Å²) < 4.78 is 4.48. The summed E-state index contributed by atoms with van der Waals surface area (Å²) in [6.45, 7) is 0. The van der Waals surface area contributed by atoms with Gasteiger partial charge < -0.3 is 9.55 Å². The Morgan fingerprint density at radius 3 is 1.62 bits per heavy atom. The van der Waals surface area contributed by atoms with Gasteiger partial charge in [-0.1, -0.05) is 109 Å². The van der Waals surface area contributed by atoms with E-state index >= 15 is 0 Å². The van der Waals surface area contributed by atoms with Crippen molar-refractivity contribution in [2.75, 3.05) is 0 Å². The first-order valence-electron chi connectivity index (χ1n) is 17.5. The first-order chi connectivity index (χ1) is 26.3. The molecule has 0 amide bonds. The van der Waals surface area contributed by atoms with Crippen molar-refractivity contribution < 1.29 is 0 Å². The quantitative estimate of drug-likeness (QED) is 0.195. The lowest BCUT2D eigenvalue weighted by atomic mass is 10.1. The van der Waals surface area contributed by atoms with E-state index in [1.807, 2.05) is 97.2 Å². The van der Waals surface area contributed by atoms with Crippen LogP contribution < -0.4 is 0 Å². The van der Waals surface area contributed by atoms with E-state index in [1.165, 1.54) is 0 Å². The van der Waals surface area contributed by atoms with Crippen molar-refractivity contribution in [2.45, 2.75) is 0 Å². The molecule has 11 rings (SSSR count). The van der Waals surface area contributed by atoms with Gasteiger partial charge in [0.05, 0.1) is 45.0 Å². The summed E-state index contributed by atoms with van der Waals surface area (Å²) in [5, 5.41) is 4.49. The normalized spacial score (nSPS) is 11.8. The van der Waals surface area contributed by atoms with Gasteiger partial charge >= 0.3 is 0 Å². The van der Waals surface area contributed by atoms with Gasteiger partial charge in [0, 0.05) is 32.7 Å². The van der Waals surface area contributed by atoms with Gasteiger partial charge in [-0.2, -0.15) is 9.97 Å². The third kappa shape index (κ3) is 4.66. The van der Waals surface area contributed by atoms with Gasteiger partial charge in [0.1, 0.15) is 5.69 Å². The standard InChI is InChI=1S/C45H28N8/c1-3-13-28(14-4-1)42-49-43(29-15-5-2-6-16-29)51-45(50-42)53-39-22-12-8-18-32(39)34-25-40-33(26-41(34)53)31-17-7-11-21-38(31)52(40)30-23-24-37(46-27-30)44-47-35-19-9-10-20-36(35)48-44/h1-27H,(H,47,48). The molecule has 0 atom stereocenters. The largest absolute Gasteiger partial charge is 0.337 e. The highest BCUT2D eigenvalue weighted by Gasteiger charge is 2.21. The predicted octanol–water partition coefficient (Wildman–Crippen LogP) is 10.3. The highest BCUT2D eigenvalue weighted by molar-refractivity contribution is 6.18. The van der Waals surface area contributed by atoms with Crippen molar-refractivity contribution in [1.29, 1.82) is 0 Å². The summed E-state index contributed by atoms with van der Waals surface area (Å²) in [6.07, 6.45) is 1.93. The number of benzene rings is 6. The highest BCUT2D eigenvalue weighted by Crippen LogP contribution is 2.39. The lowest BCUT2D eigenvalue weighted by Crippen LogP contribution is -2.06. The third-order valence-electron chi connectivity index (χ3n) is 9.99. The second-order valence-electron chi connectivity index (χ2n) is 13.1. The molecule has 5 heterocycles. The Balaban J connectivity index is 1.15. The fourth-order valence-electron chi connectivity index (χ4n) is 7.55. The minimum atomic E-state index is 0.567. The molecule has 0 radical (unpaired) electrons. The van der Waals surface area contributed by atoms with Gasteiger partial charge in [0.15, 0.2) is 17.5 Å². The minimum absolute atomic E-state index is 0.567. The number of aromatic nitrogens is 8. The molecule has 0 saturated carbocycles. The van der Waals surface area contributed by atoms with Gasteiger partial charge in [-0.25, -0.2) is 9.97 Å². The zero-order chi connectivity index (χ0) is 34.9. The maximum atomic E-state index is 5.13. The zero-order valence-corrected chi connectivity index (χ0v) is 28.2. The monoisotopic (exact) mass is 680 g/mol. The van der Waals surface area contributed by atoms with Crippen LogP contribution >= 0.6 is 0 Å². The number of para-hydroxylation sites is 4. The minimum Gasteiger partial charge on any atom is -0.337 e. The molecule has 0 bridgehead atoms. The molecule has 11 aromatic rings. The molecule has 5 aromatic heterocycles. The van der Waals surface area contributed by atoms with Crippen LogP contribution in [0.3, 0.4) is 0 Å². The Hall–Kier alpha value is -7.45. The van der Waals surface area contributed by atoms with E-state index in [2.05, 4.69) is 80.8 Å². The number of hydrogen-bond donors (Lipinski definition) is 1. The predicted molar refractivity (Wildman–Crippen MR) is 212 cm³/mol. The number of rotatable bonds is 5. The van der Waals surface area contributed by atoms with Gasteiger partial charge in [-0.3, -0.25) is 9.55 Å². The molecule has 8 heteroatoms. The number of nitrogens with one attached hydrogen (secondary N) is 1. The maximum Gasteiger partial charge on any atom is 0.238 e. The Bertz CT molecular complexity index is 3070.